The Hall–Kier alpha value is -3.82. The molecule has 0 aliphatic rings. The Bertz CT molecular complexity index is 1380. The molecule has 1 heterocycles. The van der Waals surface area contributed by atoms with E-state index in [9.17, 15) is 19.6 Å². The van der Waals surface area contributed by atoms with E-state index in [2.05, 4.69) is 15.6 Å². The van der Waals surface area contributed by atoms with Crippen molar-refractivity contribution >= 4 is 46.3 Å². The number of H-pyrrole nitrogens is 1. The van der Waals surface area contributed by atoms with Crippen LogP contribution in [0.5, 0.6) is 0 Å². The second kappa shape index (κ2) is 10.8. The Morgan fingerprint density at radius 2 is 1.72 bits per heavy atom. The molecular weight excluding hydrogens is 455 g/mol. The van der Waals surface area contributed by atoms with Gasteiger partial charge in [0.15, 0.2) is 0 Å². The number of carbonyl (C=O) groups is 2. The molecule has 4 rings (SSSR count). The van der Waals surface area contributed by atoms with Gasteiger partial charge in [0.2, 0.25) is 5.91 Å². The summed E-state index contributed by atoms with van der Waals surface area (Å²) in [5.74, 6) is -1.61. The first-order valence-corrected chi connectivity index (χ1v) is 12.0. The van der Waals surface area contributed by atoms with Crippen molar-refractivity contribution in [3.8, 4) is 0 Å². The lowest BCUT2D eigenvalue weighted by molar-refractivity contribution is -0.123. The summed E-state index contributed by atoms with van der Waals surface area (Å²) in [6.45, 7) is 3.86. The van der Waals surface area contributed by atoms with Crippen molar-refractivity contribution in [3.05, 3.63) is 78.0 Å². The Labute approximate surface area is 210 Å². The molecule has 4 aromatic rings. The molecule has 9 heteroatoms. The average molecular weight is 486 g/mol. The SMILES string of the molecule is CC(C)C[C@H](NC(=O)[C@H](Cc1c[nH]c2ccccc12)NC(=O)c1ccc2cc(N)ccc2c1)B(O)O. The second-order valence-corrected chi connectivity index (χ2v) is 9.57. The molecule has 2 amide bonds. The minimum atomic E-state index is -1.71. The highest BCUT2D eigenvalue weighted by Crippen LogP contribution is 2.21. The van der Waals surface area contributed by atoms with Gasteiger partial charge in [0.1, 0.15) is 6.04 Å². The van der Waals surface area contributed by atoms with Gasteiger partial charge < -0.3 is 31.4 Å². The van der Waals surface area contributed by atoms with Gasteiger partial charge in [-0.05, 0) is 59.0 Å². The minimum Gasteiger partial charge on any atom is -0.426 e. The lowest BCUT2D eigenvalue weighted by atomic mass is 9.75. The van der Waals surface area contributed by atoms with Gasteiger partial charge in [0.25, 0.3) is 5.91 Å². The fraction of sp³-hybridized carbons (Fsp3) is 0.259. The van der Waals surface area contributed by atoms with Crippen LogP contribution in [0, 0.1) is 5.92 Å². The highest BCUT2D eigenvalue weighted by atomic mass is 16.4. The fourth-order valence-electron chi connectivity index (χ4n) is 4.42. The summed E-state index contributed by atoms with van der Waals surface area (Å²) in [6.07, 6.45) is 2.43. The van der Waals surface area contributed by atoms with Crippen LogP contribution < -0.4 is 16.4 Å². The number of nitrogens with two attached hydrogens (primary N) is 1. The molecule has 0 radical (unpaired) electrons. The van der Waals surface area contributed by atoms with Crippen LogP contribution in [-0.2, 0) is 11.2 Å². The fourth-order valence-corrected chi connectivity index (χ4v) is 4.42. The zero-order chi connectivity index (χ0) is 25.8. The molecule has 3 aromatic carbocycles. The number of para-hydroxylation sites is 1. The van der Waals surface area contributed by atoms with Crippen LogP contribution in [0.25, 0.3) is 21.7 Å². The van der Waals surface area contributed by atoms with Crippen LogP contribution in [0.3, 0.4) is 0 Å². The molecule has 0 spiro atoms. The molecule has 0 aliphatic heterocycles. The number of aromatic amines is 1. The van der Waals surface area contributed by atoms with Gasteiger partial charge in [-0.15, -0.1) is 0 Å². The van der Waals surface area contributed by atoms with Gasteiger partial charge in [0, 0.05) is 34.8 Å². The van der Waals surface area contributed by atoms with Gasteiger partial charge in [0.05, 0.1) is 5.94 Å². The van der Waals surface area contributed by atoms with E-state index in [0.29, 0.717) is 17.7 Å². The second-order valence-electron chi connectivity index (χ2n) is 9.57. The van der Waals surface area contributed by atoms with Crippen LogP contribution >= 0.6 is 0 Å². The number of hydrogen-bond donors (Lipinski definition) is 6. The molecule has 0 aliphatic carbocycles. The topological polar surface area (TPSA) is 140 Å². The number of nitrogen functional groups attached to an aromatic ring is 1. The number of fused-ring (bicyclic) bond motifs is 2. The number of hydrogen-bond acceptors (Lipinski definition) is 5. The normalized spacial score (nSPS) is 13.0. The van der Waals surface area contributed by atoms with Crippen LogP contribution in [0.15, 0.2) is 66.9 Å². The van der Waals surface area contributed by atoms with E-state index in [4.69, 9.17) is 5.73 Å². The lowest BCUT2D eigenvalue weighted by Crippen LogP contribution is -2.55. The summed E-state index contributed by atoms with van der Waals surface area (Å²) in [5.41, 5.74) is 8.69. The first kappa shape index (κ1) is 25.3. The summed E-state index contributed by atoms with van der Waals surface area (Å²) in [7, 11) is -1.71. The number of carbonyl (C=O) groups excluding carboxylic acids is 2. The van der Waals surface area contributed by atoms with Gasteiger partial charge in [-0.1, -0.05) is 44.2 Å². The molecule has 0 saturated carbocycles. The van der Waals surface area contributed by atoms with Crippen LogP contribution in [0.2, 0.25) is 0 Å². The summed E-state index contributed by atoms with van der Waals surface area (Å²) < 4.78 is 0. The van der Waals surface area contributed by atoms with Crippen molar-refractivity contribution in [1.29, 1.82) is 0 Å². The molecule has 186 valence electrons. The largest absolute Gasteiger partial charge is 0.475 e. The summed E-state index contributed by atoms with van der Waals surface area (Å²) in [6, 6.07) is 17.5. The van der Waals surface area contributed by atoms with E-state index in [1.807, 2.05) is 62.5 Å². The van der Waals surface area contributed by atoms with Crippen molar-refractivity contribution in [3.63, 3.8) is 0 Å². The summed E-state index contributed by atoms with van der Waals surface area (Å²) in [5, 5.41) is 27.9. The molecule has 1 aromatic heterocycles. The van der Waals surface area contributed by atoms with Gasteiger partial charge in [-0.3, -0.25) is 9.59 Å². The predicted octanol–water partition coefficient (Wildman–Crippen LogP) is 2.79. The highest BCUT2D eigenvalue weighted by molar-refractivity contribution is 6.43. The number of anilines is 1. The molecule has 0 bridgehead atoms. The number of nitrogens with one attached hydrogen (secondary N) is 3. The molecular formula is C27H31BN4O4. The number of amides is 2. The standard InChI is InChI=1S/C27H31BN4O4/c1-16(2)11-25(28(35)36)32-27(34)24(14-20-15-30-23-6-4-3-5-22(20)23)31-26(33)19-8-7-18-13-21(29)10-9-17(18)12-19/h3-10,12-13,15-16,24-25,30,35-36H,11,14,29H2,1-2H3,(H,31,33)(H,32,34)/t24-,25-/m0/s1. The van der Waals surface area contributed by atoms with Crippen molar-refractivity contribution in [2.75, 3.05) is 5.73 Å². The maximum atomic E-state index is 13.3. The first-order chi connectivity index (χ1) is 17.2. The molecule has 0 unspecified atom stereocenters. The van der Waals surface area contributed by atoms with Crippen LogP contribution in [0.1, 0.15) is 36.2 Å². The quantitative estimate of drug-likeness (QED) is 0.160. The van der Waals surface area contributed by atoms with Crippen molar-refractivity contribution in [1.82, 2.24) is 15.6 Å². The molecule has 0 fully saturated rings. The lowest BCUT2D eigenvalue weighted by Gasteiger charge is -2.24. The molecule has 7 N–H and O–H groups in total. The maximum absolute atomic E-state index is 13.3. The van der Waals surface area contributed by atoms with E-state index >= 15 is 0 Å². The third-order valence-electron chi connectivity index (χ3n) is 6.26. The van der Waals surface area contributed by atoms with E-state index in [1.165, 1.54) is 0 Å². The molecule has 8 nitrogen and oxygen atoms in total. The van der Waals surface area contributed by atoms with Crippen molar-refractivity contribution in [2.45, 2.75) is 38.7 Å². The van der Waals surface area contributed by atoms with E-state index in [1.54, 1.807) is 18.2 Å². The van der Waals surface area contributed by atoms with Gasteiger partial charge in [-0.2, -0.15) is 0 Å². The maximum Gasteiger partial charge on any atom is 0.475 e. The Morgan fingerprint density at radius 1 is 1.00 bits per heavy atom. The third-order valence-corrected chi connectivity index (χ3v) is 6.26. The monoisotopic (exact) mass is 486 g/mol. The third kappa shape index (κ3) is 5.87. The Kier molecular flexibility index (Phi) is 7.62. The number of benzene rings is 3. The smallest absolute Gasteiger partial charge is 0.426 e. The number of aromatic nitrogens is 1. The number of rotatable bonds is 9. The first-order valence-electron chi connectivity index (χ1n) is 12.0. The molecule has 36 heavy (non-hydrogen) atoms. The summed E-state index contributed by atoms with van der Waals surface area (Å²) in [4.78, 5) is 29.8. The zero-order valence-electron chi connectivity index (χ0n) is 20.4. The zero-order valence-corrected chi connectivity index (χ0v) is 20.4. The highest BCUT2D eigenvalue weighted by Gasteiger charge is 2.30. The minimum absolute atomic E-state index is 0.130. The molecule has 2 atom stereocenters. The van der Waals surface area contributed by atoms with Crippen LogP contribution in [0.4, 0.5) is 5.69 Å². The van der Waals surface area contributed by atoms with E-state index < -0.39 is 30.9 Å². The van der Waals surface area contributed by atoms with E-state index in [0.717, 1.165) is 27.2 Å². The molecule has 0 saturated heterocycles. The Balaban J connectivity index is 1.60. The van der Waals surface area contributed by atoms with Crippen molar-refractivity contribution in [2.24, 2.45) is 5.92 Å². The van der Waals surface area contributed by atoms with Gasteiger partial charge >= 0.3 is 7.12 Å². The Morgan fingerprint density at radius 3 is 2.47 bits per heavy atom. The van der Waals surface area contributed by atoms with Gasteiger partial charge in [-0.25, -0.2) is 0 Å². The van der Waals surface area contributed by atoms with Crippen LogP contribution in [-0.4, -0.2) is 45.9 Å². The van der Waals surface area contributed by atoms with E-state index in [-0.39, 0.29) is 12.3 Å². The average Bonchev–Trinajstić information content (AvgIpc) is 3.25. The summed E-state index contributed by atoms with van der Waals surface area (Å²) >= 11 is 0. The predicted molar refractivity (Wildman–Crippen MR) is 143 cm³/mol. The van der Waals surface area contributed by atoms with Crippen molar-refractivity contribution < 1.29 is 19.6 Å².